The first kappa shape index (κ1) is 12.9. The molecule has 1 fully saturated rings. The molecule has 3 heteroatoms. The normalized spacial score (nSPS) is 29.4. The Morgan fingerprint density at radius 2 is 1.73 bits per heavy atom. The summed E-state index contributed by atoms with van der Waals surface area (Å²) >= 11 is 0. The summed E-state index contributed by atoms with van der Waals surface area (Å²) in [7, 11) is 0. The second-order valence-electron chi connectivity index (χ2n) is 5.69. The molecule has 1 saturated heterocycles. The third-order valence-corrected chi connectivity index (χ3v) is 2.58. The molecule has 0 aromatic carbocycles. The molecule has 0 bridgehead atoms. The Morgan fingerprint density at radius 1 is 1.20 bits per heavy atom. The fourth-order valence-electron chi connectivity index (χ4n) is 2.06. The number of morpholine rings is 1. The van der Waals surface area contributed by atoms with Gasteiger partial charge in [0, 0.05) is 31.7 Å². The second-order valence-corrected chi connectivity index (χ2v) is 5.69. The molecule has 1 aliphatic rings. The van der Waals surface area contributed by atoms with Crippen LogP contribution in [0.25, 0.3) is 0 Å². The van der Waals surface area contributed by atoms with Gasteiger partial charge in [0.25, 0.3) is 0 Å². The molecule has 1 N–H and O–H groups in total. The maximum Gasteiger partial charge on any atom is 0.0678 e. The summed E-state index contributed by atoms with van der Waals surface area (Å²) in [5, 5.41) is 3.52. The van der Waals surface area contributed by atoms with Crippen LogP contribution in [0.15, 0.2) is 0 Å². The van der Waals surface area contributed by atoms with Crippen LogP contribution in [0.3, 0.4) is 0 Å². The molecule has 1 heterocycles. The van der Waals surface area contributed by atoms with Gasteiger partial charge in [-0.3, -0.25) is 4.90 Å². The minimum absolute atomic E-state index is 0.226. The Bertz CT molecular complexity index is 179. The van der Waals surface area contributed by atoms with Crippen molar-refractivity contribution in [3.63, 3.8) is 0 Å². The average Bonchev–Trinajstić information content (AvgIpc) is 1.99. The highest BCUT2D eigenvalue weighted by Crippen LogP contribution is 2.09. The Balaban J connectivity index is 2.21. The summed E-state index contributed by atoms with van der Waals surface area (Å²) in [6.07, 6.45) is 0.756. The van der Waals surface area contributed by atoms with Crippen LogP contribution in [0.4, 0.5) is 0 Å². The zero-order valence-electron chi connectivity index (χ0n) is 10.8. The predicted molar refractivity (Wildman–Crippen MR) is 64.2 cm³/mol. The van der Waals surface area contributed by atoms with E-state index in [0.717, 1.165) is 26.2 Å². The molecule has 0 saturated carbocycles. The minimum atomic E-state index is 0.226. The molecule has 90 valence electrons. The van der Waals surface area contributed by atoms with Crippen molar-refractivity contribution in [2.24, 2.45) is 0 Å². The van der Waals surface area contributed by atoms with Crippen molar-refractivity contribution in [1.29, 1.82) is 0 Å². The summed E-state index contributed by atoms with van der Waals surface area (Å²) in [6, 6.07) is 0. The van der Waals surface area contributed by atoms with Crippen LogP contribution in [0.1, 0.15) is 34.6 Å². The van der Waals surface area contributed by atoms with E-state index in [1.54, 1.807) is 0 Å². The molecule has 0 amide bonds. The van der Waals surface area contributed by atoms with Crippen molar-refractivity contribution in [1.82, 2.24) is 10.2 Å². The van der Waals surface area contributed by atoms with Crippen molar-refractivity contribution in [3.05, 3.63) is 0 Å². The zero-order chi connectivity index (χ0) is 11.5. The molecule has 0 radical (unpaired) electrons. The molecule has 15 heavy (non-hydrogen) atoms. The molecular weight excluding hydrogens is 188 g/mol. The maximum atomic E-state index is 5.70. The molecule has 1 aliphatic heterocycles. The van der Waals surface area contributed by atoms with Crippen LogP contribution >= 0.6 is 0 Å². The van der Waals surface area contributed by atoms with Gasteiger partial charge < -0.3 is 10.1 Å². The van der Waals surface area contributed by atoms with Gasteiger partial charge in [-0.15, -0.1) is 0 Å². The third kappa shape index (κ3) is 5.50. The van der Waals surface area contributed by atoms with E-state index in [4.69, 9.17) is 4.74 Å². The Hall–Kier alpha value is -0.120. The molecule has 1 rings (SSSR count). The topological polar surface area (TPSA) is 24.5 Å². The van der Waals surface area contributed by atoms with E-state index < -0.39 is 0 Å². The van der Waals surface area contributed by atoms with E-state index in [9.17, 15) is 0 Å². The van der Waals surface area contributed by atoms with Crippen LogP contribution in [0, 0.1) is 0 Å². The van der Waals surface area contributed by atoms with Gasteiger partial charge in [-0.2, -0.15) is 0 Å². The lowest BCUT2D eigenvalue weighted by molar-refractivity contribution is -0.0676. The highest BCUT2D eigenvalue weighted by molar-refractivity contribution is 4.76. The summed E-state index contributed by atoms with van der Waals surface area (Å²) < 4.78 is 5.70. The second kappa shape index (κ2) is 5.28. The number of rotatable bonds is 3. The number of ether oxygens (including phenoxy) is 1. The number of nitrogens with one attached hydrogen (secondary N) is 1. The number of nitrogens with zero attached hydrogens (tertiary/aromatic N) is 1. The molecular formula is C12H26N2O. The molecule has 0 aromatic rings. The van der Waals surface area contributed by atoms with Gasteiger partial charge in [-0.25, -0.2) is 0 Å². The van der Waals surface area contributed by atoms with Crippen LogP contribution in [0.2, 0.25) is 0 Å². The molecule has 3 nitrogen and oxygen atoms in total. The zero-order valence-corrected chi connectivity index (χ0v) is 10.8. The van der Waals surface area contributed by atoms with Crippen molar-refractivity contribution in [3.8, 4) is 0 Å². The molecule has 0 spiro atoms. The standard InChI is InChI=1S/C12H26N2O/c1-10-8-14(9-11(2)15-10)7-6-13-12(3,4)5/h10-11,13H,6-9H2,1-5H3/t10-,11-/m1/s1. The summed E-state index contributed by atoms with van der Waals surface area (Å²) in [5.74, 6) is 0. The van der Waals surface area contributed by atoms with Gasteiger partial charge in [0.2, 0.25) is 0 Å². The average molecular weight is 214 g/mol. The minimum Gasteiger partial charge on any atom is -0.373 e. The van der Waals surface area contributed by atoms with E-state index in [0.29, 0.717) is 12.2 Å². The van der Waals surface area contributed by atoms with Crippen LogP contribution in [-0.2, 0) is 4.74 Å². The molecule has 0 unspecified atom stereocenters. The van der Waals surface area contributed by atoms with Gasteiger partial charge in [0.05, 0.1) is 12.2 Å². The fourth-order valence-corrected chi connectivity index (χ4v) is 2.06. The summed E-state index contributed by atoms with van der Waals surface area (Å²) in [4.78, 5) is 2.48. The van der Waals surface area contributed by atoms with E-state index >= 15 is 0 Å². The predicted octanol–water partition coefficient (Wildman–Crippen LogP) is 1.48. The third-order valence-electron chi connectivity index (χ3n) is 2.58. The monoisotopic (exact) mass is 214 g/mol. The lowest BCUT2D eigenvalue weighted by Crippen LogP contribution is -2.49. The summed E-state index contributed by atoms with van der Waals surface area (Å²) in [5.41, 5.74) is 0.226. The van der Waals surface area contributed by atoms with Crippen molar-refractivity contribution in [2.45, 2.75) is 52.4 Å². The lowest BCUT2D eigenvalue weighted by Gasteiger charge is -2.35. The quantitative estimate of drug-likeness (QED) is 0.770. The van der Waals surface area contributed by atoms with E-state index in [2.05, 4.69) is 44.8 Å². The highest BCUT2D eigenvalue weighted by atomic mass is 16.5. The first-order valence-corrected chi connectivity index (χ1v) is 5.99. The van der Waals surface area contributed by atoms with Gasteiger partial charge in [0.1, 0.15) is 0 Å². The van der Waals surface area contributed by atoms with Crippen molar-refractivity contribution in [2.75, 3.05) is 26.2 Å². The first-order chi connectivity index (χ1) is 6.87. The lowest BCUT2D eigenvalue weighted by atomic mass is 10.1. The Morgan fingerprint density at radius 3 is 2.20 bits per heavy atom. The van der Waals surface area contributed by atoms with Gasteiger partial charge >= 0.3 is 0 Å². The molecule has 2 atom stereocenters. The molecule has 0 aliphatic carbocycles. The van der Waals surface area contributed by atoms with E-state index in [-0.39, 0.29) is 5.54 Å². The number of hydrogen-bond donors (Lipinski definition) is 1. The van der Waals surface area contributed by atoms with Gasteiger partial charge in [0.15, 0.2) is 0 Å². The van der Waals surface area contributed by atoms with Crippen LogP contribution in [0.5, 0.6) is 0 Å². The summed E-state index contributed by atoms with van der Waals surface area (Å²) in [6.45, 7) is 15.2. The highest BCUT2D eigenvalue weighted by Gasteiger charge is 2.21. The maximum absolute atomic E-state index is 5.70. The number of hydrogen-bond acceptors (Lipinski definition) is 3. The van der Waals surface area contributed by atoms with E-state index in [1.807, 2.05) is 0 Å². The molecule has 0 aromatic heterocycles. The van der Waals surface area contributed by atoms with Crippen LogP contribution in [-0.4, -0.2) is 48.8 Å². The first-order valence-electron chi connectivity index (χ1n) is 5.99. The van der Waals surface area contributed by atoms with Crippen LogP contribution < -0.4 is 5.32 Å². The largest absolute Gasteiger partial charge is 0.373 e. The van der Waals surface area contributed by atoms with Crippen molar-refractivity contribution < 1.29 is 4.74 Å². The van der Waals surface area contributed by atoms with Crippen molar-refractivity contribution >= 4 is 0 Å². The smallest absolute Gasteiger partial charge is 0.0678 e. The van der Waals surface area contributed by atoms with Gasteiger partial charge in [-0.1, -0.05) is 0 Å². The van der Waals surface area contributed by atoms with E-state index in [1.165, 1.54) is 0 Å². The fraction of sp³-hybridized carbons (Fsp3) is 1.00. The van der Waals surface area contributed by atoms with Gasteiger partial charge in [-0.05, 0) is 34.6 Å². The Kier molecular flexibility index (Phi) is 4.56. The SMILES string of the molecule is C[C@@H]1CN(CCNC(C)(C)C)C[C@@H](C)O1. The Labute approximate surface area is 94.2 Å².